The summed E-state index contributed by atoms with van der Waals surface area (Å²) >= 11 is 0. The lowest BCUT2D eigenvalue weighted by Crippen LogP contribution is -2.49. The van der Waals surface area contributed by atoms with E-state index in [1.165, 1.54) is 0 Å². The maximum atomic E-state index is 13.0. The molecule has 0 radical (unpaired) electrons. The molecule has 7 nitrogen and oxygen atoms in total. The largest absolute Gasteiger partial charge is 0.481 e. The van der Waals surface area contributed by atoms with Gasteiger partial charge < -0.3 is 20.1 Å². The Morgan fingerprint density at radius 2 is 1.69 bits per heavy atom. The molecule has 2 N–H and O–H groups in total. The van der Waals surface area contributed by atoms with Crippen molar-refractivity contribution in [2.24, 2.45) is 5.92 Å². The number of nitrogens with one attached hydrogen (secondary N) is 1. The molecular formula is C25H26N2O5. The number of carbonyl (C=O) groups is 3. The standard InChI is InChI=1S/C25H26N2O5/c1-14(23(28)27-15-10-11-22(27)20(12-15)24(29)30)26-25(31)32-13-21-18-8-4-2-6-16(18)17-7-3-5-9-19(17)21/h2-9,14-15,20-22H,10-13H2,1H3,(H,26,31)(H,29,30)/t14-,15-,20+,22+/m1/s1. The number of ether oxygens (including phenoxy) is 1. The molecule has 2 heterocycles. The quantitative estimate of drug-likeness (QED) is 0.752. The first-order valence-corrected chi connectivity index (χ1v) is 11.1. The predicted molar refractivity (Wildman–Crippen MR) is 117 cm³/mol. The van der Waals surface area contributed by atoms with E-state index < -0.39 is 24.0 Å². The summed E-state index contributed by atoms with van der Waals surface area (Å²) in [6.07, 6.45) is 1.36. The first-order valence-electron chi connectivity index (χ1n) is 11.1. The Kier molecular flexibility index (Phi) is 5.12. The Balaban J connectivity index is 1.22. The molecule has 3 aliphatic rings. The predicted octanol–water partition coefficient (Wildman–Crippen LogP) is 3.38. The molecule has 0 aromatic heterocycles. The van der Waals surface area contributed by atoms with Crippen molar-refractivity contribution < 1.29 is 24.2 Å². The number of hydrogen-bond donors (Lipinski definition) is 2. The summed E-state index contributed by atoms with van der Waals surface area (Å²) in [4.78, 5) is 38.6. The zero-order valence-corrected chi connectivity index (χ0v) is 17.9. The molecule has 4 atom stereocenters. The number of amides is 2. The molecule has 1 aliphatic carbocycles. The number of carbonyl (C=O) groups excluding carboxylic acids is 2. The van der Waals surface area contributed by atoms with Crippen molar-refractivity contribution in [2.75, 3.05) is 6.61 Å². The summed E-state index contributed by atoms with van der Waals surface area (Å²) in [6, 6.07) is 15.1. The van der Waals surface area contributed by atoms with Gasteiger partial charge in [-0.2, -0.15) is 0 Å². The van der Waals surface area contributed by atoms with Crippen LogP contribution in [-0.2, 0) is 14.3 Å². The number of nitrogens with zero attached hydrogens (tertiary/aromatic N) is 1. The number of alkyl carbamates (subject to hydrolysis) is 1. The second kappa shape index (κ2) is 7.97. The van der Waals surface area contributed by atoms with Crippen molar-refractivity contribution in [1.29, 1.82) is 0 Å². The lowest BCUT2D eigenvalue weighted by atomic mass is 9.89. The summed E-state index contributed by atoms with van der Waals surface area (Å²) in [6.45, 7) is 1.80. The molecule has 32 heavy (non-hydrogen) atoms. The van der Waals surface area contributed by atoms with Crippen LogP contribution >= 0.6 is 0 Å². The Bertz CT molecular complexity index is 1040. The van der Waals surface area contributed by atoms with Gasteiger partial charge in [0.1, 0.15) is 12.6 Å². The van der Waals surface area contributed by atoms with E-state index >= 15 is 0 Å². The Hall–Kier alpha value is -3.35. The lowest BCUT2D eigenvalue weighted by molar-refractivity contribution is -0.143. The summed E-state index contributed by atoms with van der Waals surface area (Å²) in [7, 11) is 0. The van der Waals surface area contributed by atoms with Crippen LogP contribution in [0, 0.1) is 5.92 Å². The van der Waals surface area contributed by atoms with Gasteiger partial charge in [-0.1, -0.05) is 48.5 Å². The topological polar surface area (TPSA) is 95.9 Å². The number of carboxylic acids is 1. The van der Waals surface area contributed by atoms with Gasteiger partial charge in [0.25, 0.3) is 0 Å². The number of benzene rings is 2. The highest BCUT2D eigenvalue weighted by molar-refractivity contribution is 5.87. The fourth-order valence-electron chi connectivity index (χ4n) is 5.70. The molecule has 2 aromatic rings. The van der Waals surface area contributed by atoms with Crippen molar-refractivity contribution in [3.63, 3.8) is 0 Å². The highest BCUT2D eigenvalue weighted by Gasteiger charge is 2.52. The van der Waals surface area contributed by atoms with Crippen LogP contribution in [0.2, 0.25) is 0 Å². The summed E-state index contributed by atoms with van der Waals surface area (Å²) in [5.74, 6) is -1.66. The summed E-state index contributed by atoms with van der Waals surface area (Å²) in [5.41, 5.74) is 4.55. The van der Waals surface area contributed by atoms with E-state index in [1.54, 1.807) is 11.8 Å². The fraction of sp³-hybridized carbons (Fsp3) is 0.400. The molecule has 166 valence electrons. The van der Waals surface area contributed by atoms with E-state index in [9.17, 15) is 19.5 Å². The Morgan fingerprint density at radius 3 is 2.28 bits per heavy atom. The van der Waals surface area contributed by atoms with E-state index in [0.717, 1.165) is 28.7 Å². The van der Waals surface area contributed by atoms with Gasteiger partial charge in [-0.3, -0.25) is 9.59 Å². The molecule has 2 amide bonds. The first-order chi connectivity index (χ1) is 15.5. The minimum Gasteiger partial charge on any atom is -0.481 e. The molecule has 5 rings (SSSR count). The van der Waals surface area contributed by atoms with Crippen LogP contribution in [-0.4, -0.2) is 52.7 Å². The maximum Gasteiger partial charge on any atom is 0.407 e. The molecule has 2 fully saturated rings. The monoisotopic (exact) mass is 434 g/mol. The van der Waals surface area contributed by atoms with Gasteiger partial charge in [0.2, 0.25) is 5.91 Å². The van der Waals surface area contributed by atoms with Crippen LogP contribution in [0.1, 0.15) is 43.2 Å². The van der Waals surface area contributed by atoms with Crippen molar-refractivity contribution in [1.82, 2.24) is 10.2 Å². The molecular weight excluding hydrogens is 408 g/mol. The highest BCUT2D eigenvalue weighted by atomic mass is 16.5. The average Bonchev–Trinajstić information content (AvgIpc) is 3.47. The van der Waals surface area contributed by atoms with Gasteiger partial charge in [0.15, 0.2) is 0 Å². The first kappa shape index (κ1) is 20.5. The number of fused-ring (bicyclic) bond motifs is 5. The maximum absolute atomic E-state index is 13.0. The minimum absolute atomic E-state index is 0.0510. The molecule has 0 saturated carbocycles. The van der Waals surface area contributed by atoms with Gasteiger partial charge in [-0.15, -0.1) is 0 Å². The van der Waals surface area contributed by atoms with E-state index in [0.29, 0.717) is 12.8 Å². The Labute approximate surface area is 186 Å². The molecule has 2 saturated heterocycles. The van der Waals surface area contributed by atoms with Crippen molar-refractivity contribution in [3.8, 4) is 11.1 Å². The minimum atomic E-state index is -0.854. The average molecular weight is 434 g/mol. The second-order valence-electron chi connectivity index (χ2n) is 8.92. The van der Waals surface area contributed by atoms with Gasteiger partial charge in [0, 0.05) is 18.0 Å². The SMILES string of the molecule is C[C@@H](NC(=O)OCC1c2ccccc2-c2ccccc21)C(=O)N1[C@@H]2CC[C@H]1[C@@H](C(=O)O)C2. The van der Waals surface area contributed by atoms with Crippen molar-refractivity contribution in [2.45, 2.75) is 50.2 Å². The van der Waals surface area contributed by atoms with E-state index in [4.69, 9.17) is 4.74 Å². The van der Waals surface area contributed by atoms with Crippen LogP contribution in [0.25, 0.3) is 11.1 Å². The summed E-state index contributed by atoms with van der Waals surface area (Å²) in [5, 5.41) is 12.0. The highest BCUT2D eigenvalue weighted by Crippen LogP contribution is 2.44. The second-order valence-corrected chi connectivity index (χ2v) is 8.92. The van der Waals surface area contributed by atoms with Crippen LogP contribution < -0.4 is 5.32 Å². The molecule has 2 bridgehead atoms. The number of carboxylic acid groups (broad SMARTS) is 1. The van der Waals surface area contributed by atoms with Gasteiger partial charge in [-0.05, 0) is 48.4 Å². The third kappa shape index (κ3) is 3.32. The number of rotatable bonds is 5. The third-order valence-electron chi connectivity index (χ3n) is 7.16. The van der Waals surface area contributed by atoms with E-state index in [-0.39, 0.29) is 30.5 Å². The zero-order chi connectivity index (χ0) is 22.4. The molecule has 0 unspecified atom stereocenters. The van der Waals surface area contributed by atoms with E-state index in [2.05, 4.69) is 29.6 Å². The van der Waals surface area contributed by atoms with Crippen LogP contribution in [0.5, 0.6) is 0 Å². The fourth-order valence-corrected chi connectivity index (χ4v) is 5.70. The van der Waals surface area contributed by atoms with Crippen molar-refractivity contribution in [3.05, 3.63) is 59.7 Å². The van der Waals surface area contributed by atoms with E-state index in [1.807, 2.05) is 24.3 Å². The summed E-state index contributed by atoms with van der Waals surface area (Å²) < 4.78 is 5.54. The van der Waals surface area contributed by atoms with Gasteiger partial charge in [-0.25, -0.2) is 4.79 Å². The van der Waals surface area contributed by atoms with Crippen molar-refractivity contribution >= 4 is 18.0 Å². The smallest absolute Gasteiger partial charge is 0.407 e. The molecule has 0 spiro atoms. The molecule has 7 heteroatoms. The number of aliphatic carboxylic acids is 1. The van der Waals surface area contributed by atoms with Crippen LogP contribution in [0.4, 0.5) is 4.79 Å². The zero-order valence-electron chi connectivity index (χ0n) is 17.9. The molecule has 2 aromatic carbocycles. The van der Waals surface area contributed by atoms with Gasteiger partial charge >= 0.3 is 12.1 Å². The van der Waals surface area contributed by atoms with Crippen LogP contribution in [0.3, 0.4) is 0 Å². The van der Waals surface area contributed by atoms with Crippen LogP contribution in [0.15, 0.2) is 48.5 Å². The number of hydrogen-bond acceptors (Lipinski definition) is 4. The lowest BCUT2D eigenvalue weighted by Gasteiger charge is -2.26. The molecule has 2 aliphatic heterocycles. The third-order valence-corrected chi connectivity index (χ3v) is 7.16. The normalized spacial score (nSPS) is 24.0. The Morgan fingerprint density at radius 1 is 1.06 bits per heavy atom. The van der Waals surface area contributed by atoms with Gasteiger partial charge in [0.05, 0.1) is 5.92 Å².